The van der Waals surface area contributed by atoms with Gasteiger partial charge in [0.1, 0.15) is 5.82 Å². The molecule has 0 unspecified atom stereocenters. The minimum atomic E-state index is -0.268. The zero-order chi connectivity index (χ0) is 16.7. The molecule has 7 heteroatoms. The van der Waals surface area contributed by atoms with Gasteiger partial charge in [-0.3, -0.25) is 9.59 Å². The third-order valence-electron chi connectivity index (χ3n) is 3.73. The topological polar surface area (TPSA) is 49.9 Å². The summed E-state index contributed by atoms with van der Waals surface area (Å²) in [5.41, 5.74) is 0.979. The van der Waals surface area contributed by atoms with Crippen LogP contribution in [0.4, 0.5) is 10.1 Å². The molecule has 1 saturated heterocycles. The van der Waals surface area contributed by atoms with Gasteiger partial charge in [-0.05, 0) is 24.3 Å². The fourth-order valence-corrected chi connectivity index (χ4v) is 3.15. The number of halogens is 1. The second-order valence-corrected chi connectivity index (χ2v) is 6.33. The number of methoxy groups -OCH3 is 1. The first-order chi connectivity index (χ1) is 11.1. The Labute approximate surface area is 139 Å². The van der Waals surface area contributed by atoms with Gasteiger partial charge in [0.05, 0.1) is 12.9 Å². The Morgan fingerprint density at radius 3 is 2.43 bits per heavy atom. The van der Waals surface area contributed by atoms with Crippen molar-refractivity contribution in [1.29, 1.82) is 0 Å². The maximum absolute atomic E-state index is 12.9. The SMILES string of the molecule is COC(=O)CSCCC(=O)N1CCN(c2ccc(F)cc2)CC1. The van der Waals surface area contributed by atoms with E-state index in [0.29, 0.717) is 25.3 Å². The quantitative estimate of drug-likeness (QED) is 0.583. The number of nitrogens with zero attached hydrogens (tertiary/aromatic N) is 2. The number of hydrogen-bond acceptors (Lipinski definition) is 5. The average molecular weight is 340 g/mol. The van der Waals surface area contributed by atoms with Crippen molar-refractivity contribution < 1.29 is 18.7 Å². The third kappa shape index (κ3) is 5.42. The zero-order valence-electron chi connectivity index (χ0n) is 13.2. The number of hydrogen-bond donors (Lipinski definition) is 0. The fraction of sp³-hybridized carbons (Fsp3) is 0.500. The van der Waals surface area contributed by atoms with Gasteiger partial charge in [-0.25, -0.2) is 4.39 Å². The lowest BCUT2D eigenvalue weighted by Gasteiger charge is -2.36. The number of carbonyl (C=O) groups excluding carboxylic acids is 2. The summed E-state index contributed by atoms with van der Waals surface area (Å²) in [4.78, 5) is 27.1. The summed E-state index contributed by atoms with van der Waals surface area (Å²) < 4.78 is 17.5. The number of benzene rings is 1. The molecule has 1 aliphatic rings. The Kier molecular flexibility index (Phi) is 6.70. The molecule has 5 nitrogen and oxygen atoms in total. The molecule has 1 fully saturated rings. The molecule has 1 heterocycles. The summed E-state index contributed by atoms with van der Waals surface area (Å²) in [6, 6.07) is 6.42. The van der Waals surface area contributed by atoms with E-state index in [2.05, 4.69) is 9.64 Å². The predicted octanol–water partition coefficient (Wildman–Crippen LogP) is 1.77. The van der Waals surface area contributed by atoms with Crippen molar-refractivity contribution in [2.24, 2.45) is 0 Å². The van der Waals surface area contributed by atoms with E-state index in [1.165, 1.54) is 31.0 Å². The number of rotatable bonds is 6. The molecule has 0 aliphatic carbocycles. The highest BCUT2D eigenvalue weighted by atomic mass is 32.2. The summed E-state index contributed by atoms with van der Waals surface area (Å²) in [5.74, 6) is 0.498. The Bertz CT molecular complexity index is 531. The van der Waals surface area contributed by atoms with Crippen molar-refractivity contribution in [1.82, 2.24) is 4.90 Å². The maximum atomic E-state index is 12.9. The first-order valence-electron chi connectivity index (χ1n) is 7.53. The molecule has 1 aromatic carbocycles. The molecule has 0 atom stereocenters. The van der Waals surface area contributed by atoms with Crippen LogP contribution < -0.4 is 4.90 Å². The largest absolute Gasteiger partial charge is 0.468 e. The minimum absolute atomic E-state index is 0.112. The summed E-state index contributed by atoms with van der Waals surface area (Å²) in [6.45, 7) is 2.81. The number of carbonyl (C=O) groups is 2. The van der Waals surface area contributed by atoms with E-state index in [4.69, 9.17) is 0 Å². The van der Waals surface area contributed by atoms with Gasteiger partial charge in [0, 0.05) is 44.0 Å². The summed E-state index contributed by atoms with van der Waals surface area (Å²) >= 11 is 1.41. The van der Waals surface area contributed by atoms with E-state index >= 15 is 0 Å². The van der Waals surface area contributed by atoms with Crippen molar-refractivity contribution in [3.8, 4) is 0 Å². The summed E-state index contributed by atoms with van der Waals surface area (Å²) in [5, 5.41) is 0. The van der Waals surface area contributed by atoms with Crippen LogP contribution in [0.1, 0.15) is 6.42 Å². The minimum Gasteiger partial charge on any atom is -0.468 e. The summed E-state index contributed by atoms with van der Waals surface area (Å²) in [6.07, 6.45) is 0.429. The van der Waals surface area contributed by atoms with E-state index in [1.54, 1.807) is 12.1 Å². The molecule has 2 rings (SSSR count). The van der Waals surface area contributed by atoms with Crippen LogP contribution in [0.3, 0.4) is 0 Å². The van der Waals surface area contributed by atoms with Gasteiger partial charge >= 0.3 is 5.97 Å². The van der Waals surface area contributed by atoms with E-state index < -0.39 is 0 Å². The van der Waals surface area contributed by atoms with E-state index in [-0.39, 0.29) is 23.4 Å². The standard InChI is InChI=1S/C16H21FN2O3S/c1-22-16(21)12-23-11-6-15(20)19-9-7-18(8-10-19)14-4-2-13(17)3-5-14/h2-5H,6-12H2,1H3. The number of thioether (sulfide) groups is 1. The Hall–Kier alpha value is -1.76. The van der Waals surface area contributed by atoms with Crippen molar-refractivity contribution in [2.45, 2.75) is 6.42 Å². The number of anilines is 1. The number of ether oxygens (including phenoxy) is 1. The van der Waals surface area contributed by atoms with Crippen LogP contribution in [0.15, 0.2) is 24.3 Å². The molecule has 0 radical (unpaired) electrons. The monoisotopic (exact) mass is 340 g/mol. The highest BCUT2D eigenvalue weighted by molar-refractivity contribution is 7.99. The molecular formula is C16H21FN2O3S. The average Bonchev–Trinajstić information content (AvgIpc) is 2.59. The van der Waals surface area contributed by atoms with Gasteiger partial charge in [0.25, 0.3) is 0 Å². The Balaban J connectivity index is 1.70. The van der Waals surface area contributed by atoms with Crippen LogP contribution >= 0.6 is 11.8 Å². The number of esters is 1. The van der Waals surface area contributed by atoms with Gasteiger partial charge in [-0.2, -0.15) is 0 Å². The molecule has 1 amide bonds. The molecule has 0 N–H and O–H groups in total. The first-order valence-corrected chi connectivity index (χ1v) is 8.68. The summed E-state index contributed by atoms with van der Waals surface area (Å²) in [7, 11) is 1.36. The van der Waals surface area contributed by atoms with Crippen LogP contribution in [0.25, 0.3) is 0 Å². The number of amides is 1. The maximum Gasteiger partial charge on any atom is 0.315 e. The highest BCUT2D eigenvalue weighted by Crippen LogP contribution is 2.17. The van der Waals surface area contributed by atoms with Crippen LogP contribution in [0.2, 0.25) is 0 Å². The molecule has 0 aromatic heterocycles. The molecule has 23 heavy (non-hydrogen) atoms. The van der Waals surface area contributed by atoms with Crippen LogP contribution in [0.5, 0.6) is 0 Å². The second kappa shape index (κ2) is 8.76. The van der Waals surface area contributed by atoms with Crippen molar-refractivity contribution in [3.63, 3.8) is 0 Å². The lowest BCUT2D eigenvalue weighted by Crippen LogP contribution is -2.48. The van der Waals surface area contributed by atoms with Crippen LogP contribution in [-0.2, 0) is 14.3 Å². The fourth-order valence-electron chi connectivity index (χ4n) is 2.40. The molecular weight excluding hydrogens is 319 g/mol. The van der Waals surface area contributed by atoms with Gasteiger partial charge in [0.2, 0.25) is 5.91 Å². The van der Waals surface area contributed by atoms with E-state index in [0.717, 1.165) is 18.8 Å². The van der Waals surface area contributed by atoms with E-state index in [1.807, 2.05) is 4.90 Å². The van der Waals surface area contributed by atoms with Gasteiger partial charge in [-0.1, -0.05) is 0 Å². The van der Waals surface area contributed by atoms with Crippen molar-refractivity contribution in [2.75, 3.05) is 49.7 Å². The van der Waals surface area contributed by atoms with Gasteiger partial charge in [-0.15, -0.1) is 11.8 Å². The second-order valence-electron chi connectivity index (χ2n) is 5.22. The van der Waals surface area contributed by atoms with E-state index in [9.17, 15) is 14.0 Å². The lowest BCUT2D eigenvalue weighted by atomic mass is 10.2. The predicted molar refractivity (Wildman–Crippen MR) is 89.2 cm³/mol. The van der Waals surface area contributed by atoms with Crippen molar-refractivity contribution in [3.05, 3.63) is 30.1 Å². The zero-order valence-corrected chi connectivity index (χ0v) is 14.0. The Morgan fingerprint density at radius 2 is 1.83 bits per heavy atom. The smallest absolute Gasteiger partial charge is 0.315 e. The molecule has 0 saturated carbocycles. The normalized spacial score (nSPS) is 14.7. The van der Waals surface area contributed by atoms with Crippen molar-refractivity contribution >= 4 is 29.3 Å². The molecule has 1 aromatic rings. The third-order valence-corrected chi connectivity index (χ3v) is 4.66. The molecule has 0 spiro atoms. The molecule has 1 aliphatic heterocycles. The van der Waals surface area contributed by atoms with Gasteiger partial charge in [0.15, 0.2) is 0 Å². The lowest BCUT2D eigenvalue weighted by molar-refractivity contribution is -0.137. The van der Waals surface area contributed by atoms with Gasteiger partial charge < -0.3 is 14.5 Å². The Morgan fingerprint density at radius 1 is 1.17 bits per heavy atom. The van der Waals surface area contributed by atoms with Crippen LogP contribution in [-0.4, -0.2) is 61.6 Å². The van der Waals surface area contributed by atoms with Crippen LogP contribution in [0, 0.1) is 5.82 Å². The molecule has 0 bridgehead atoms. The highest BCUT2D eigenvalue weighted by Gasteiger charge is 2.21. The molecule has 126 valence electrons. The first kappa shape index (κ1) is 17.6. The number of piperazine rings is 1.